The molecule has 154 valence electrons. The van der Waals surface area contributed by atoms with Gasteiger partial charge in [-0.3, -0.25) is 10.1 Å². The highest BCUT2D eigenvalue weighted by Crippen LogP contribution is 2.53. The molecule has 3 unspecified atom stereocenters. The van der Waals surface area contributed by atoms with Crippen molar-refractivity contribution < 1.29 is 4.92 Å². The van der Waals surface area contributed by atoms with Crippen LogP contribution in [0.25, 0.3) is 11.3 Å². The lowest BCUT2D eigenvalue weighted by atomic mass is 9.63. The third kappa shape index (κ3) is 2.59. The van der Waals surface area contributed by atoms with Crippen molar-refractivity contribution in [3.63, 3.8) is 0 Å². The molecule has 0 saturated carbocycles. The van der Waals surface area contributed by atoms with Gasteiger partial charge in [-0.05, 0) is 29.3 Å². The van der Waals surface area contributed by atoms with Gasteiger partial charge in [0.25, 0.3) is 5.70 Å². The molecule has 2 aliphatic carbocycles. The summed E-state index contributed by atoms with van der Waals surface area (Å²) in [6.45, 7) is 2.91. The van der Waals surface area contributed by atoms with Gasteiger partial charge in [-0.15, -0.1) is 0 Å². The first-order chi connectivity index (χ1) is 15.0. The van der Waals surface area contributed by atoms with Gasteiger partial charge in [-0.25, -0.2) is 4.98 Å². The van der Waals surface area contributed by atoms with Crippen LogP contribution in [-0.4, -0.2) is 21.4 Å². The van der Waals surface area contributed by atoms with Crippen molar-refractivity contribution >= 4 is 21.6 Å². The smallest absolute Gasteiger partial charge is 0.265 e. The zero-order valence-corrected chi connectivity index (χ0v) is 18.3. The maximum atomic E-state index is 11.5. The third-order valence-corrected chi connectivity index (χ3v) is 7.33. The molecule has 0 bridgehead atoms. The first-order valence-corrected chi connectivity index (χ1v) is 11.0. The second-order valence-corrected chi connectivity index (χ2v) is 9.45. The number of nitrogens with one attached hydrogen (secondary N) is 2. The minimum atomic E-state index is -0.373. The number of fused-ring (bicyclic) bond motifs is 7. The van der Waals surface area contributed by atoms with Gasteiger partial charge in [-0.2, -0.15) is 0 Å². The zero-order valence-electron chi connectivity index (χ0n) is 16.7. The van der Waals surface area contributed by atoms with Crippen LogP contribution >= 0.6 is 15.9 Å². The Hall–Kier alpha value is -3.19. The fourth-order valence-corrected chi connectivity index (χ4v) is 5.61. The van der Waals surface area contributed by atoms with E-state index in [1.165, 1.54) is 5.56 Å². The van der Waals surface area contributed by atoms with E-state index in [1.807, 2.05) is 24.3 Å². The number of H-pyrrole nitrogens is 1. The van der Waals surface area contributed by atoms with Crippen LogP contribution in [0.4, 0.5) is 5.69 Å². The molecule has 2 heterocycles. The van der Waals surface area contributed by atoms with E-state index in [1.54, 1.807) is 12.2 Å². The van der Waals surface area contributed by atoms with E-state index in [4.69, 9.17) is 4.98 Å². The highest BCUT2D eigenvalue weighted by Gasteiger charge is 2.46. The summed E-state index contributed by atoms with van der Waals surface area (Å²) in [5.41, 5.74) is 6.14. The van der Waals surface area contributed by atoms with Crippen LogP contribution in [0.3, 0.4) is 0 Å². The van der Waals surface area contributed by atoms with Crippen LogP contribution in [0.15, 0.2) is 70.9 Å². The SMILES string of the molecule is CC12C=CC([N+](=O)[O-])=CC1c1[nH]c(C3CNc4ccc(Br)cc43)nc1-c1ccccc12. The average Bonchev–Trinajstić information content (AvgIpc) is 3.37. The van der Waals surface area contributed by atoms with Crippen molar-refractivity contribution in [1.82, 2.24) is 9.97 Å². The third-order valence-electron chi connectivity index (χ3n) is 6.83. The molecule has 1 aliphatic heterocycles. The van der Waals surface area contributed by atoms with Crippen LogP contribution in [0.1, 0.15) is 41.4 Å². The molecule has 2 aromatic carbocycles. The summed E-state index contributed by atoms with van der Waals surface area (Å²) in [4.78, 5) is 19.9. The summed E-state index contributed by atoms with van der Waals surface area (Å²) in [5, 5.41) is 15.0. The fourth-order valence-electron chi connectivity index (χ4n) is 5.23. The maximum absolute atomic E-state index is 11.5. The number of nitro groups is 1. The Kier molecular flexibility index (Phi) is 3.84. The number of hydrogen-bond donors (Lipinski definition) is 2. The number of hydrogen-bond acceptors (Lipinski definition) is 4. The number of nitrogens with zero attached hydrogens (tertiary/aromatic N) is 2. The standard InChI is InChI=1S/C24H19BrN4O2/c1-24-9-8-14(29(30)31)11-19(24)22-21(15-4-2-3-5-18(15)24)27-23(28-22)17-12-26-20-7-6-13(25)10-16(17)20/h2-11,17,19,26H,12H2,1H3,(H,27,28). The zero-order chi connectivity index (χ0) is 21.3. The molecule has 3 aliphatic rings. The van der Waals surface area contributed by atoms with Gasteiger partial charge in [0.15, 0.2) is 0 Å². The Morgan fingerprint density at radius 3 is 2.94 bits per heavy atom. The average molecular weight is 475 g/mol. The molecule has 3 atom stereocenters. The molecular weight excluding hydrogens is 456 g/mol. The van der Waals surface area contributed by atoms with Gasteiger partial charge in [0, 0.05) is 45.8 Å². The van der Waals surface area contributed by atoms with Crippen molar-refractivity contribution in [1.29, 1.82) is 0 Å². The lowest BCUT2D eigenvalue weighted by molar-refractivity contribution is -0.419. The fraction of sp³-hybridized carbons (Fsp3) is 0.208. The highest BCUT2D eigenvalue weighted by molar-refractivity contribution is 9.10. The van der Waals surface area contributed by atoms with E-state index < -0.39 is 0 Å². The topological polar surface area (TPSA) is 83.8 Å². The van der Waals surface area contributed by atoms with Crippen molar-refractivity contribution in [2.75, 3.05) is 11.9 Å². The number of aromatic nitrogens is 2. The molecule has 0 saturated heterocycles. The van der Waals surface area contributed by atoms with Gasteiger partial charge in [0.2, 0.25) is 0 Å². The van der Waals surface area contributed by atoms with E-state index in [2.05, 4.69) is 57.4 Å². The van der Waals surface area contributed by atoms with E-state index >= 15 is 0 Å². The van der Waals surface area contributed by atoms with E-state index in [-0.39, 0.29) is 27.9 Å². The minimum Gasteiger partial charge on any atom is -0.384 e. The number of allylic oxidation sites excluding steroid dienone is 3. The second-order valence-electron chi connectivity index (χ2n) is 8.54. The number of benzene rings is 2. The first-order valence-electron chi connectivity index (χ1n) is 10.2. The van der Waals surface area contributed by atoms with Gasteiger partial charge >= 0.3 is 0 Å². The van der Waals surface area contributed by atoms with Crippen LogP contribution in [-0.2, 0) is 5.41 Å². The monoisotopic (exact) mass is 474 g/mol. The van der Waals surface area contributed by atoms with Gasteiger partial charge in [0.1, 0.15) is 5.82 Å². The first kappa shape index (κ1) is 18.6. The van der Waals surface area contributed by atoms with Crippen LogP contribution in [0.5, 0.6) is 0 Å². The maximum Gasteiger partial charge on any atom is 0.265 e. The Morgan fingerprint density at radius 2 is 2.10 bits per heavy atom. The van der Waals surface area contributed by atoms with E-state index in [9.17, 15) is 10.1 Å². The molecule has 1 aromatic heterocycles. The summed E-state index contributed by atoms with van der Waals surface area (Å²) >= 11 is 3.58. The van der Waals surface area contributed by atoms with Gasteiger partial charge < -0.3 is 10.3 Å². The number of rotatable bonds is 2. The molecule has 0 spiro atoms. The Labute approximate surface area is 187 Å². The molecule has 3 aromatic rings. The largest absolute Gasteiger partial charge is 0.384 e. The summed E-state index contributed by atoms with van der Waals surface area (Å²) in [6.07, 6.45) is 5.38. The second kappa shape index (κ2) is 6.40. The molecule has 6 rings (SSSR count). The van der Waals surface area contributed by atoms with Crippen molar-refractivity contribution in [3.05, 3.63) is 104 Å². The molecule has 0 radical (unpaired) electrons. The molecule has 0 amide bonds. The lowest BCUT2D eigenvalue weighted by Gasteiger charge is -2.40. The Bertz CT molecular complexity index is 1320. The van der Waals surface area contributed by atoms with Gasteiger partial charge in [-0.1, -0.05) is 53.2 Å². The number of aromatic amines is 1. The Balaban J connectivity index is 1.55. The quantitative estimate of drug-likeness (QED) is 0.380. The number of anilines is 1. The molecule has 0 fully saturated rings. The van der Waals surface area contributed by atoms with E-state index in [0.717, 1.165) is 45.0 Å². The summed E-state index contributed by atoms with van der Waals surface area (Å²) in [7, 11) is 0. The number of halogens is 1. The van der Waals surface area contributed by atoms with Crippen LogP contribution in [0, 0.1) is 10.1 Å². The molecule has 7 heteroatoms. The van der Waals surface area contributed by atoms with Crippen molar-refractivity contribution in [2.45, 2.75) is 24.2 Å². The molecule has 2 N–H and O–H groups in total. The van der Waals surface area contributed by atoms with Crippen LogP contribution < -0.4 is 5.32 Å². The molecular formula is C24H19BrN4O2. The summed E-state index contributed by atoms with van der Waals surface area (Å²) in [5.74, 6) is 0.800. The lowest BCUT2D eigenvalue weighted by Crippen LogP contribution is -2.34. The predicted molar refractivity (Wildman–Crippen MR) is 123 cm³/mol. The van der Waals surface area contributed by atoms with Crippen molar-refractivity contribution in [2.24, 2.45) is 0 Å². The summed E-state index contributed by atoms with van der Waals surface area (Å²) < 4.78 is 1.03. The Morgan fingerprint density at radius 1 is 1.26 bits per heavy atom. The summed E-state index contributed by atoms with van der Waals surface area (Å²) in [6, 6.07) is 14.5. The molecule has 31 heavy (non-hydrogen) atoms. The van der Waals surface area contributed by atoms with Gasteiger partial charge in [0.05, 0.1) is 22.2 Å². The van der Waals surface area contributed by atoms with Crippen LogP contribution in [0.2, 0.25) is 0 Å². The predicted octanol–water partition coefficient (Wildman–Crippen LogP) is 5.48. The van der Waals surface area contributed by atoms with Crippen molar-refractivity contribution in [3.8, 4) is 11.3 Å². The number of imidazole rings is 1. The normalized spacial score (nSPS) is 25.0. The molecule has 6 nitrogen and oxygen atoms in total. The highest BCUT2D eigenvalue weighted by atomic mass is 79.9. The minimum absolute atomic E-state index is 0.0922. The van der Waals surface area contributed by atoms with E-state index in [0.29, 0.717) is 0 Å².